The van der Waals surface area contributed by atoms with E-state index in [0.717, 1.165) is 29.6 Å². The molecule has 1 aliphatic heterocycles. The summed E-state index contributed by atoms with van der Waals surface area (Å²) in [6.45, 7) is 0.611. The molecule has 6 heteroatoms. The molecule has 150 valence electrons. The molecule has 3 aromatic rings. The number of carbonyl (C=O) groups is 1. The molecule has 2 aliphatic rings. The SMILES string of the molecule is COC(=O)N1CC2(CC2)c2c([nH]c3ccccc23)C1c1c(OC)cccc1OC. The Morgan fingerprint density at radius 3 is 2.34 bits per heavy atom. The number of aromatic amines is 1. The highest BCUT2D eigenvalue weighted by Gasteiger charge is 2.55. The third-order valence-electron chi connectivity index (χ3n) is 6.33. The summed E-state index contributed by atoms with van der Waals surface area (Å²) in [5, 5.41) is 1.23. The number of para-hydroxylation sites is 1. The lowest BCUT2D eigenvalue weighted by molar-refractivity contribution is 0.0996. The number of ether oxygens (including phenoxy) is 3. The van der Waals surface area contributed by atoms with Gasteiger partial charge in [-0.25, -0.2) is 4.79 Å². The van der Waals surface area contributed by atoms with Crippen molar-refractivity contribution in [2.24, 2.45) is 0 Å². The number of H-pyrrole nitrogens is 1. The Bertz CT molecular complexity index is 1080. The number of amides is 1. The summed E-state index contributed by atoms with van der Waals surface area (Å²) in [6, 6.07) is 13.6. The maximum absolute atomic E-state index is 12.9. The van der Waals surface area contributed by atoms with Crippen LogP contribution in [0.5, 0.6) is 11.5 Å². The van der Waals surface area contributed by atoms with Gasteiger partial charge in [0.05, 0.1) is 26.9 Å². The van der Waals surface area contributed by atoms with Crippen molar-refractivity contribution < 1.29 is 19.0 Å². The third kappa shape index (κ3) is 2.51. The minimum atomic E-state index is -0.387. The van der Waals surface area contributed by atoms with Crippen molar-refractivity contribution in [3.8, 4) is 11.5 Å². The predicted octanol–water partition coefficient (Wildman–Crippen LogP) is 4.39. The molecule has 2 heterocycles. The van der Waals surface area contributed by atoms with Crippen molar-refractivity contribution >= 4 is 17.0 Å². The van der Waals surface area contributed by atoms with E-state index in [1.54, 1.807) is 14.2 Å². The number of nitrogens with one attached hydrogen (secondary N) is 1. The number of aromatic nitrogens is 1. The van der Waals surface area contributed by atoms with Crippen molar-refractivity contribution in [2.75, 3.05) is 27.9 Å². The highest BCUT2D eigenvalue weighted by molar-refractivity contribution is 5.88. The Morgan fingerprint density at radius 2 is 1.72 bits per heavy atom. The highest BCUT2D eigenvalue weighted by Crippen LogP contribution is 2.59. The van der Waals surface area contributed by atoms with Gasteiger partial charge in [0.2, 0.25) is 0 Å². The zero-order valence-corrected chi connectivity index (χ0v) is 16.8. The Kier molecular flexibility index (Phi) is 3.98. The van der Waals surface area contributed by atoms with Crippen molar-refractivity contribution in [1.82, 2.24) is 9.88 Å². The molecule has 1 saturated carbocycles. The fourth-order valence-corrected chi connectivity index (χ4v) is 4.89. The first-order chi connectivity index (χ1) is 14.1. The maximum Gasteiger partial charge on any atom is 0.410 e. The number of carbonyl (C=O) groups excluding carboxylic acids is 1. The average molecular weight is 392 g/mol. The van der Waals surface area contributed by atoms with E-state index in [9.17, 15) is 4.79 Å². The zero-order chi connectivity index (χ0) is 20.2. The molecule has 1 unspecified atom stereocenters. The summed E-state index contributed by atoms with van der Waals surface area (Å²) in [4.78, 5) is 18.3. The molecule has 6 nitrogen and oxygen atoms in total. The molecule has 29 heavy (non-hydrogen) atoms. The zero-order valence-electron chi connectivity index (χ0n) is 16.8. The molecule has 1 N–H and O–H groups in total. The van der Waals surface area contributed by atoms with Gasteiger partial charge in [0.25, 0.3) is 0 Å². The number of hydrogen-bond acceptors (Lipinski definition) is 4. The van der Waals surface area contributed by atoms with Crippen molar-refractivity contribution in [3.05, 3.63) is 59.3 Å². The molecular weight excluding hydrogens is 368 g/mol. The second kappa shape index (κ2) is 6.44. The van der Waals surface area contributed by atoms with E-state index < -0.39 is 0 Å². The lowest BCUT2D eigenvalue weighted by Crippen LogP contribution is -2.45. The predicted molar refractivity (Wildman–Crippen MR) is 110 cm³/mol. The lowest BCUT2D eigenvalue weighted by atomic mass is 9.83. The molecule has 1 spiro atoms. The molecule has 1 aromatic heterocycles. The third-order valence-corrected chi connectivity index (χ3v) is 6.33. The van der Waals surface area contributed by atoms with Crippen molar-refractivity contribution in [3.63, 3.8) is 0 Å². The van der Waals surface area contributed by atoms with Gasteiger partial charge in [0.15, 0.2) is 0 Å². The van der Waals surface area contributed by atoms with Crippen LogP contribution in [0.4, 0.5) is 4.79 Å². The van der Waals surface area contributed by atoms with Crippen LogP contribution < -0.4 is 9.47 Å². The van der Waals surface area contributed by atoms with E-state index in [1.165, 1.54) is 18.1 Å². The summed E-state index contributed by atoms with van der Waals surface area (Å²) in [6.07, 6.45) is 1.77. The van der Waals surface area contributed by atoms with Gasteiger partial charge in [-0.2, -0.15) is 0 Å². The van der Waals surface area contributed by atoms with Gasteiger partial charge in [-0.05, 0) is 36.6 Å². The summed E-state index contributed by atoms with van der Waals surface area (Å²) in [5.41, 5.74) is 4.21. The van der Waals surface area contributed by atoms with Gasteiger partial charge < -0.3 is 19.2 Å². The highest BCUT2D eigenvalue weighted by atomic mass is 16.5. The average Bonchev–Trinajstić information content (AvgIpc) is 3.41. The number of rotatable bonds is 3. The molecule has 1 amide bonds. The summed E-state index contributed by atoms with van der Waals surface area (Å²) >= 11 is 0. The monoisotopic (exact) mass is 392 g/mol. The van der Waals surface area contributed by atoms with Gasteiger partial charge in [-0.15, -0.1) is 0 Å². The second-order valence-electron chi connectivity index (χ2n) is 7.82. The second-order valence-corrected chi connectivity index (χ2v) is 7.82. The maximum atomic E-state index is 12.9. The van der Waals surface area contributed by atoms with Gasteiger partial charge >= 0.3 is 6.09 Å². The van der Waals surface area contributed by atoms with E-state index >= 15 is 0 Å². The summed E-state index contributed by atoms with van der Waals surface area (Å²) in [7, 11) is 4.70. The fourth-order valence-electron chi connectivity index (χ4n) is 4.89. The first kappa shape index (κ1) is 17.9. The minimum Gasteiger partial charge on any atom is -0.496 e. The molecule has 0 saturated heterocycles. The lowest BCUT2D eigenvalue weighted by Gasteiger charge is -2.40. The van der Waals surface area contributed by atoms with Crippen LogP contribution in [-0.4, -0.2) is 43.9 Å². The van der Waals surface area contributed by atoms with Crippen LogP contribution in [0.3, 0.4) is 0 Å². The number of fused-ring (bicyclic) bond motifs is 4. The molecule has 5 rings (SSSR count). The molecule has 0 radical (unpaired) electrons. The van der Waals surface area contributed by atoms with Crippen LogP contribution in [0.15, 0.2) is 42.5 Å². The Morgan fingerprint density at radius 1 is 1.03 bits per heavy atom. The van der Waals surface area contributed by atoms with Crippen LogP contribution in [0.1, 0.15) is 35.7 Å². The van der Waals surface area contributed by atoms with Gasteiger partial charge in [-0.3, -0.25) is 4.90 Å². The molecule has 2 aromatic carbocycles. The van der Waals surface area contributed by atoms with Crippen LogP contribution >= 0.6 is 0 Å². The summed E-state index contributed by atoms with van der Waals surface area (Å²) in [5.74, 6) is 1.36. The molecule has 1 fully saturated rings. The van der Waals surface area contributed by atoms with Crippen molar-refractivity contribution in [2.45, 2.75) is 24.3 Å². The van der Waals surface area contributed by atoms with Crippen molar-refractivity contribution in [1.29, 1.82) is 0 Å². The van der Waals surface area contributed by atoms with E-state index in [4.69, 9.17) is 14.2 Å². The number of benzene rings is 2. The molecular formula is C23H24N2O4. The Balaban J connectivity index is 1.82. The molecule has 1 aliphatic carbocycles. The Hall–Kier alpha value is -3.15. The number of nitrogens with zero attached hydrogens (tertiary/aromatic N) is 1. The minimum absolute atomic E-state index is 0.0190. The van der Waals surface area contributed by atoms with Gasteiger partial charge in [0.1, 0.15) is 17.5 Å². The van der Waals surface area contributed by atoms with Crippen LogP contribution in [-0.2, 0) is 10.2 Å². The first-order valence-corrected chi connectivity index (χ1v) is 9.80. The Labute approximate surface area is 169 Å². The van der Waals surface area contributed by atoms with Crippen LogP contribution in [0.2, 0.25) is 0 Å². The summed E-state index contributed by atoms with van der Waals surface area (Å²) < 4.78 is 16.6. The molecule has 1 atom stereocenters. The van der Waals surface area contributed by atoms with Crippen LogP contribution in [0.25, 0.3) is 10.9 Å². The van der Waals surface area contributed by atoms with E-state index in [0.29, 0.717) is 18.0 Å². The van der Waals surface area contributed by atoms with Gasteiger partial charge in [0, 0.05) is 28.6 Å². The van der Waals surface area contributed by atoms with E-state index in [1.807, 2.05) is 29.2 Å². The smallest absolute Gasteiger partial charge is 0.410 e. The van der Waals surface area contributed by atoms with Crippen LogP contribution in [0, 0.1) is 0 Å². The number of methoxy groups -OCH3 is 3. The standard InChI is InChI=1S/C23H24N2O4/c1-27-16-9-6-10-17(28-2)18(16)21-20-19(14-7-4-5-8-15(14)24-20)23(11-12-23)13-25(21)22(26)29-3/h4-10,21,24H,11-13H2,1-3H3. The normalized spacial score (nSPS) is 19.1. The topological polar surface area (TPSA) is 63.8 Å². The molecule has 0 bridgehead atoms. The first-order valence-electron chi connectivity index (χ1n) is 9.80. The number of hydrogen-bond donors (Lipinski definition) is 1. The largest absolute Gasteiger partial charge is 0.496 e. The van der Waals surface area contributed by atoms with Gasteiger partial charge in [-0.1, -0.05) is 24.3 Å². The quantitative estimate of drug-likeness (QED) is 0.718. The van der Waals surface area contributed by atoms with E-state index in [2.05, 4.69) is 23.2 Å². The van der Waals surface area contributed by atoms with E-state index in [-0.39, 0.29) is 17.6 Å². The fraction of sp³-hybridized carbons (Fsp3) is 0.348.